The molecule has 1 heterocycles. The van der Waals surface area contributed by atoms with E-state index in [1.54, 1.807) is 7.11 Å². The molecule has 5 heteroatoms. The fourth-order valence-corrected chi connectivity index (χ4v) is 1.96. The molecule has 0 aliphatic rings. The van der Waals surface area contributed by atoms with Crippen LogP contribution in [-0.2, 0) is 0 Å². The summed E-state index contributed by atoms with van der Waals surface area (Å²) >= 11 is 0. The molecule has 1 aromatic carbocycles. The molecule has 2 rings (SSSR count). The Morgan fingerprint density at radius 2 is 2.00 bits per heavy atom. The van der Waals surface area contributed by atoms with Gasteiger partial charge in [0.05, 0.1) is 23.9 Å². The third kappa shape index (κ3) is 2.61. The van der Waals surface area contributed by atoms with Crippen molar-refractivity contribution in [3.05, 3.63) is 41.7 Å². The van der Waals surface area contributed by atoms with Gasteiger partial charge in [0.1, 0.15) is 5.75 Å². The molecule has 0 fully saturated rings. The van der Waals surface area contributed by atoms with Gasteiger partial charge in [0.25, 0.3) is 0 Å². The summed E-state index contributed by atoms with van der Waals surface area (Å²) < 4.78 is 5.28. The molecule has 104 valence electrons. The summed E-state index contributed by atoms with van der Waals surface area (Å²) in [5.41, 5.74) is 1.40. The van der Waals surface area contributed by atoms with Crippen LogP contribution in [-0.4, -0.2) is 28.2 Å². The number of aromatic carboxylic acids is 1. The minimum absolute atomic E-state index is 0.00226. The molecule has 0 saturated heterocycles. The van der Waals surface area contributed by atoms with Gasteiger partial charge in [0, 0.05) is 6.20 Å². The van der Waals surface area contributed by atoms with Gasteiger partial charge in [0.2, 0.25) is 0 Å². The predicted molar refractivity (Wildman–Crippen MR) is 75.1 cm³/mol. The number of benzene rings is 1. The molecule has 0 saturated carbocycles. The van der Waals surface area contributed by atoms with E-state index in [-0.39, 0.29) is 11.5 Å². The minimum atomic E-state index is -1.01. The Balaban J connectivity index is 2.59. The van der Waals surface area contributed by atoms with Gasteiger partial charge < -0.3 is 9.84 Å². The van der Waals surface area contributed by atoms with Crippen molar-refractivity contribution < 1.29 is 14.6 Å². The Hall–Kier alpha value is -2.43. The fourth-order valence-electron chi connectivity index (χ4n) is 1.96. The third-order valence-corrected chi connectivity index (χ3v) is 2.94. The molecule has 0 radical (unpaired) electrons. The molecular formula is C15H16N2O3. The predicted octanol–water partition coefficient (Wildman–Crippen LogP) is 2.97. The molecule has 0 amide bonds. The SMILES string of the molecule is COc1ccccc1-c1ncc(C(=O)O)c(C(C)C)n1. The molecule has 2 aromatic rings. The number of ether oxygens (including phenoxy) is 1. The van der Waals surface area contributed by atoms with Gasteiger partial charge in [0.15, 0.2) is 5.82 Å². The van der Waals surface area contributed by atoms with E-state index in [1.165, 1.54) is 6.20 Å². The first-order chi connectivity index (χ1) is 9.54. The molecule has 0 unspecified atom stereocenters. The second-order valence-electron chi connectivity index (χ2n) is 4.65. The van der Waals surface area contributed by atoms with Crippen LogP contribution in [0.1, 0.15) is 35.8 Å². The number of rotatable bonds is 4. The minimum Gasteiger partial charge on any atom is -0.496 e. The van der Waals surface area contributed by atoms with Gasteiger partial charge in [-0.25, -0.2) is 14.8 Å². The highest BCUT2D eigenvalue weighted by Crippen LogP contribution is 2.28. The smallest absolute Gasteiger partial charge is 0.339 e. The lowest BCUT2D eigenvalue weighted by molar-refractivity contribution is 0.0694. The van der Waals surface area contributed by atoms with Crippen molar-refractivity contribution in [3.8, 4) is 17.1 Å². The Bertz CT molecular complexity index is 639. The number of carboxylic acids is 1. The van der Waals surface area contributed by atoms with Crippen LogP contribution in [0.4, 0.5) is 0 Å². The lowest BCUT2D eigenvalue weighted by atomic mass is 10.0. The second kappa shape index (κ2) is 5.69. The van der Waals surface area contributed by atoms with Gasteiger partial charge in [-0.1, -0.05) is 26.0 Å². The highest BCUT2D eigenvalue weighted by molar-refractivity contribution is 5.89. The van der Waals surface area contributed by atoms with E-state index in [2.05, 4.69) is 9.97 Å². The van der Waals surface area contributed by atoms with E-state index in [4.69, 9.17) is 4.74 Å². The molecule has 20 heavy (non-hydrogen) atoms. The molecule has 0 atom stereocenters. The van der Waals surface area contributed by atoms with Gasteiger partial charge in [-0.15, -0.1) is 0 Å². The number of methoxy groups -OCH3 is 1. The van der Waals surface area contributed by atoms with Crippen molar-refractivity contribution in [1.29, 1.82) is 0 Å². The summed E-state index contributed by atoms with van der Waals surface area (Å²) in [6.07, 6.45) is 1.35. The summed E-state index contributed by atoms with van der Waals surface area (Å²) in [6.45, 7) is 3.81. The van der Waals surface area contributed by atoms with Gasteiger partial charge in [-0.05, 0) is 18.1 Å². The Kier molecular flexibility index (Phi) is 3.98. The number of hydrogen-bond acceptors (Lipinski definition) is 4. The first kappa shape index (κ1) is 14.0. The van der Waals surface area contributed by atoms with E-state index < -0.39 is 5.97 Å². The molecule has 0 aliphatic heterocycles. The molecule has 5 nitrogen and oxygen atoms in total. The van der Waals surface area contributed by atoms with Crippen molar-refractivity contribution in [2.24, 2.45) is 0 Å². The van der Waals surface area contributed by atoms with Crippen molar-refractivity contribution in [3.63, 3.8) is 0 Å². The highest BCUT2D eigenvalue weighted by atomic mass is 16.5. The second-order valence-corrected chi connectivity index (χ2v) is 4.65. The lowest BCUT2D eigenvalue weighted by Gasteiger charge is -2.12. The lowest BCUT2D eigenvalue weighted by Crippen LogP contribution is -2.09. The largest absolute Gasteiger partial charge is 0.496 e. The van der Waals surface area contributed by atoms with Crippen LogP contribution in [0.5, 0.6) is 5.75 Å². The maximum Gasteiger partial charge on any atom is 0.339 e. The van der Waals surface area contributed by atoms with Crippen molar-refractivity contribution in [2.75, 3.05) is 7.11 Å². The van der Waals surface area contributed by atoms with Crippen molar-refractivity contribution >= 4 is 5.97 Å². The average molecular weight is 272 g/mol. The topological polar surface area (TPSA) is 72.3 Å². The quantitative estimate of drug-likeness (QED) is 0.926. The number of nitrogens with zero attached hydrogens (tertiary/aromatic N) is 2. The number of carboxylic acid groups (broad SMARTS) is 1. The summed E-state index contributed by atoms with van der Waals surface area (Å²) in [5.74, 6) is 0.110. The molecule has 0 bridgehead atoms. The molecular weight excluding hydrogens is 256 g/mol. The maximum absolute atomic E-state index is 11.2. The first-order valence-corrected chi connectivity index (χ1v) is 6.28. The van der Waals surface area contributed by atoms with Crippen LogP contribution in [0.25, 0.3) is 11.4 Å². The van der Waals surface area contributed by atoms with Crippen LogP contribution in [0, 0.1) is 0 Å². The van der Waals surface area contributed by atoms with Crippen LogP contribution >= 0.6 is 0 Å². The highest BCUT2D eigenvalue weighted by Gasteiger charge is 2.18. The summed E-state index contributed by atoms with van der Waals surface area (Å²) in [5, 5.41) is 9.17. The number of hydrogen-bond donors (Lipinski definition) is 1. The normalized spacial score (nSPS) is 10.6. The van der Waals surface area contributed by atoms with E-state index in [0.29, 0.717) is 17.3 Å². The van der Waals surface area contributed by atoms with Gasteiger partial charge in [-0.3, -0.25) is 0 Å². The fraction of sp³-hybridized carbons (Fsp3) is 0.267. The van der Waals surface area contributed by atoms with E-state index in [0.717, 1.165) is 5.56 Å². The van der Waals surface area contributed by atoms with Gasteiger partial charge in [-0.2, -0.15) is 0 Å². The van der Waals surface area contributed by atoms with Crippen LogP contribution in [0.3, 0.4) is 0 Å². The van der Waals surface area contributed by atoms with Crippen molar-refractivity contribution in [1.82, 2.24) is 9.97 Å². The first-order valence-electron chi connectivity index (χ1n) is 6.28. The van der Waals surface area contributed by atoms with Crippen LogP contribution in [0.15, 0.2) is 30.5 Å². The monoisotopic (exact) mass is 272 g/mol. The van der Waals surface area contributed by atoms with Crippen molar-refractivity contribution in [2.45, 2.75) is 19.8 Å². The third-order valence-electron chi connectivity index (χ3n) is 2.94. The Morgan fingerprint density at radius 3 is 2.60 bits per heavy atom. The van der Waals surface area contributed by atoms with Crippen LogP contribution < -0.4 is 4.74 Å². The van der Waals surface area contributed by atoms with Crippen LogP contribution in [0.2, 0.25) is 0 Å². The maximum atomic E-state index is 11.2. The molecule has 1 aromatic heterocycles. The Labute approximate surface area is 117 Å². The summed E-state index contributed by atoms with van der Waals surface area (Å²) in [7, 11) is 1.58. The van der Waals surface area contributed by atoms with E-state index in [1.807, 2.05) is 38.1 Å². The van der Waals surface area contributed by atoms with E-state index >= 15 is 0 Å². The zero-order valence-electron chi connectivity index (χ0n) is 11.6. The molecule has 0 aliphatic carbocycles. The zero-order chi connectivity index (χ0) is 14.7. The zero-order valence-corrected chi connectivity index (χ0v) is 11.6. The summed E-state index contributed by atoms with van der Waals surface area (Å²) in [4.78, 5) is 19.7. The van der Waals surface area contributed by atoms with Gasteiger partial charge >= 0.3 is 5.97 Å². The average Bonchev–Trinajstić information content (AvgIpc) is 2.46. The molecule has 1 N–H and O–H groups in total. The summed E-state index contributed by atoms with van der Waals surface area (Å²) in [6, 6.07) is 7.39. The van der Waals surface area contributed by atoms with E-state index in [9.17, 15) is 9.90 Å². The number of carbonyl (C=O) groups is 1. The number of para-hydroxylation sites is 1. The number of aromatic nitrogens is 2. The Morgan fingerprint density at radius 1 is 1.30 bits per heavy atom. The molecule has 0 spiro atoms. The standard InChI is InChI=1S/C15H16N2O3/c1-9(2)13-11(15(18)19)8-16-14(17-13)10-6-4-5-7-12(10)20-3/h4-9H,1-3H3,(H,18,19).